The fourth-order valence-corrected chi connectivity index (χ4v) is 0.966. The zero-order valence-electron chi connectivity index (χ0n) is 6.17. The van der Waals surface area contributed by atoms with Crippen LogP contribution in [0.3, 0.4) is 0 Å². The quantitative estimate of drug-likeness (QED) is 0.369. The van der Waals surface area contributed by atoms with E-state index in [9.17, 15) is 0 Å². The Morgan fingerprint density at radius 1 is 0.833 bits per heavy atom. The number of phenols is 4. The Kier molecular flexibility index (Phi) is 1.94. The van der Waals surface area contributed by atoms with Crippen LogP contribution in [0.4, 0.5) is 0 Å². The lowest BCUT2D eigenvalue weighted by molar-refractivity contribution is 0.369. The van der Waals surface area contributed by atoms with Gasteiger partial charge in [-0.25, -0.2) is 0 Å². The third kappa shape index (κ3) is 1.00. The van der Waals surface area contributed by atoms with Gasteiger partial charge in [-0.3, -0.25) is 0 Å². The summed E-state index contributed by atoms with van der Waals surface area (Å²) in [6, 6.07) is 0. The second-order valence-corrected chi connectivity index (χ2v) is 2.71. The molecule has 1 aromatic carbocycles. The maximum Gasteiger partial charge on any atom is 0.180 e. The molecular formula is C7H7ClO4. The molecule has 0 amide bonds. The van der Waals surface area contributed by atoms with E-state index >= 15 is 0 Å². The molecule has 12 heavy (non-hydrogen) atoms. The average molecular weight is 191 g/mol. The third-order valence-corrected chi connectivity index (χ3v) is 1.93. The molecule has 0 unspecified atom stereocenters. The van der Waals surface area contributed by atoms with Crippen LogP contribution in [0.2, 0.25) is 5.02 Å². The fourth-order valence-electron chi connectivity index (χ4n) is 0.787. The topological polar surface area (TPSA) is 80.9 Å². The molecule has 0 aliphatic heterocycles. The van der Waals surface area contributed by atoms with Crippen LogP contribution in [0.5, 0.6) is 23.0 Å². The lowest BCUT2D eigenvalue weighted by atomic mass is 10.1. The summed E-state index contributed by atoms with van der Waals surface area (Å²) in [5.41, 5.74) is -0.0191. The lowest BCUT2D eigenvalue weighted by Gasteiger charge is -2.08. The summed E-state index contributed by atoms with van der Waals surface area (Å²) in [7, 11) is 0. The van der Waals surface area contributed by atoms with E-state index in [2.05, 4.69) is 0 Å². The SMILES string of the molecule is Cc1c(O)c(O)c(Cl)c(O)c1O. The Hall–Kier alpha value is -1.29. The molecule has 4 nitrogen and oxygen atoms in total. The summed E-state index contributed by atoms with van der Waals surface area (Å²) >= 11 is 5.34. The van der Waals surface area contributed by atoms with E-state index in [-0.39, 0.29) is 5.56 Å². The molecule has 1 aromatic rings. The first-order valence-electron chi connectivity index (χ1n) is 3.08. The Balaban J connectivity index is 3.60. The van der Waals surface area contributed by atoms with Crippen LogP contribution in [-0.2, 0) is 0 Å². The van der Waals surface area contributed by atoms with Gasteiger partial charge < -0.3 is 20.4 Å². The van der Waals surface area contributed by atoms with Crippen molar-refractivity contribution in [2.45, 2.75) is 6.92 Å². The van der Waals surface area contributed by atoms with Gasteiger partial charge in [0.25, 0.3) is 0 Å². The monoisotopic (exact) mass is 190 g/mol. The summed E-state index contributed by atoms with van der Waals surface area (Å²) in [5, 5.41) is 35.8. The Morgan fingerprint density at radius 2 is 1.17 bits per heavy atom. The molecule has 1 rings (SSSR count). The first-order valence-corrected chi connectivity index (χ1v) is 3.46. The van der Waals surface area contributed by atoms with Crippen LogP contribution in [0.25, 0.3) is 0 Å². The Bertz CT molecular complexity index is 230. The van der Waals surface area contributed by atoms with Crippen molar-refractivity contribution >= 4 is 11.6 Å². The standard InChI is InChI=1S/C7H7ClO4/c1-2-4(9)6(11)3(8)7(12)5(2)10/h9-12H,1H3. The van der Waals surface area contributed by atoms with E-state index in [0.29, 0.717) is 0 Å². The molecule has 0 spiro atoms. The molecule has 66 valence electrons. The summed E-state index contributed by atoms with van der Waals surface area (Å²) in [5.74, 6) is -2.33. The van der Waals surface area contributed by atoms with Crippen molar-refractivity contribution in [3.63, 3.8) is 0 Å². The molecule has 0 radical (unpaired) electrons. The second kappa shape index (κ2) is 2.64. The maximum atomic E-state index is 9.09. The number of phenolic OH excluding ortho intramolecular Hbond substituents is 4. The van der Waals surface area contributed by atoms with Gasteiger partial charge in [0, 0.05) is 5.56 Å². The summed E-state index contributed by atoms with van der Waals surface area (Å²) in [4.78, 5) is 0. The van der Waals surface area contributed by atoms with Gasteiger partial charge in [0.1, 0.15) is 5.02 Å². The van der Waals surface area contributed by atoms with E-state index in [1.165, 1.54) is 6.92 Å². The summed E-state index contributed by atoms with van der Waals surface area (Å²) in [6.45, 7) is 1.33. The molecule has 0 aliphatic carbocycles. The van der Waals surface area contributed by atoms with Crippen molar-refractivity contribution in [2.75, 3.05) is 0 Å². The number of rotatable bonds is 0. The van der Waals surface area contributed by atoms with Crippen LogP contribution in [0, 0.1) is 6.92 Å². The highest BCUT2D eigenvalue weighted by Crippen LogP contribution is 2.48. The van der Waals surface area contributed by atoms with Gasteiger partial charge in [0.05, 0.1) is 0 Å². The number of hydrogen-bond donors (Lipinski definition) is 4. The number of aromatic hydroxyl groups is 4. The van der Waals surface area contributed by atoms with Gasteiger partial charge in [-0.15, -0.1) is 0 Å². The molecule has 0 saturated carbocycles. The molecule has 0 saturated heterocycles. The zero-order chi connectivity index (χ0) is 9.46. The molecule has 4 N–H and O–H groups in total. The largest absolute Gasteiger partial charge is 0.504 e. The van der Waals surface area contributed by atoms with Gasteiger partial charge in [0.15, 0.2) is 23.0 Å². The zero-order valence-corrected chi connectivity index (χ0v) is 6.92. The fraction of sp³-hybridized carbons (Fsp3) is 0.143. The highest BCUT2D eigenvalue weighted by Gasteiger charge is 2.18. The summed E-state index contributed by atoms with van der Waals surface area (Å²) < 4.78 is 0. The van der Waals surface area contributed by atoms with Crippen molar-refractivity contribution < 1.29 is 20.4 Å². The van der Waals surface area contributed by atoms with Crippen molar-refractivity contribution in [3.05, 3.63) is 10.6 Å². The highest BCUT2D eigenvalue weighted by molar-refractivity contribution is 6.34. The van der Waals surface area contributed by atoms with Crippen molar-refractivity contribution in [1.29, 1.82) is 0 Å². The minimum Gasteiger partial charge on any atom is -0.504 e. The van der Waals surface area contributed by atoms with Crippen LogP contribution >= 0.6 is 11.6 Å². The second-order valence-electron chi connectivity index (χ2n) is 2.33. The molecular weight excluding hydrogens is 184 g/mol. The van der Waals surface area contributed by atoms with E-state index in [1.54, 1.807) is 0 Å². The molecule has 0 aromatic heterocycles. The van der Waals surface area contributed by atoms with E-state index in [0.717, 1.165) is 0 Å². The molecule has 0 fully saturated rings. The van der Waals surface area contributed by atoms with Crippen LogP contribution in [-0.4, -0.2) is 20.4 Å². The van der Waals surface area contributed by atoms with Crippen LogP contribution in [0.15, 0.2) is 0 Å². The predicted molar refractivity (Wildman–Crippen MR) is 42.8 cm³/mol. The number of hydrogen-bond acceptors (Lipinski definition) is 4. The van der Waals surface area contributed by atoms with Crippen molar-refractivity contribution in [2.24, 2.45) is 0 Å². The smallest absolute Gasteiger partial charge is 0.180 e. The minimum atomic E-state index is -0.635. The molecule has 0 bridgehead atoms. The number of halogens is 1. The van der Waals surface area contributed by atoms with Gasteiger partial charge in [0.2, 0.25) is 0 Å². The lowest BCUT2D eigenvalue weighted by Crippen LogP contribution is -1.81. The van der Waals surface area contributed by atoms with E-state index < -0.39 is 28.0 Å². The highest BCUT2D eigenvalue weighted by atomic mass is 35.5. The predicted octanol–water partition coefficient (Wildman–Crippen LogP) is 1.47. The Labute approximate surface area is 73.3 Å². The molecule has 0 atom stereocenters. The van der Waals surface area contributed by atoms with Crippen LogP contribution < -0.4 is 0 Å². The maximum absolute atomic E-state index is 9.09. The first kappa shape index (κ1) is 8.80. The molecule has 5 heteroatoms. The third-order valence-electron chi connectivity index (χ3n) is 1.57. The normalized spacial score (nSPS) is 10.2. The van der Waals surface area contributed by atoms with Gasteiger partial charge in [-0.2, -0.15) is 0 Å². The van der Waals surface area contributed by atoms with Crippen LogP contribution in [0.1, 0.15) is 5.56 Å². The van der Waals surface area contributed by atoms with Crippen molar-refractivity contribution in [1.82, 2.24) is 0 Å². The van der Waals surface area contributed by atoms with Gasteiger partial charge >= 0.3 is 0 Å². The summed E-state index contributed by atoms with van der Waals surface area (Å²) in [6.07, 6.45) is 0. The first-order chi connectivity index (χ1) is 5.46. The average Bonchev–Trinajstić information content (AvgIpc) is 2.08. The van der Waals surface area contributed by atoms with Gasteiger partial charge in [-0.05, 0) is 6.92 Å². The number of benzene rings is 1. The van der Waals surface area contributed by atoms with Crippen molar-refractivity contribution in [3.8, 4) is 23.0 Å². The molecule has 0 heterocycles. The minimum absolute atomic E-state index is 0.0191. The van der Waals surface area contributed by atoms with E-state index in [4.69, 9.17) is 32.0 Å². The molecule has 0 aliphatic rings. The Morgan fingerprint density at radius 3 is 1.50 bits per heavy atom. The van der Waals surface area contributed by atoms with Gasteiger partial charge in [-0.1, -0.05) is 11.6 Å². The van der Waals surface area contributed by atoms with E-state index in [1.807, 2.05) is 0 Å².